The number of rotatable bonds is 6. The number of aromatic nitrogens is 6. The molecule has 0 radical (unpaired) electrons. The summed E-state index contributed by atoms with van der Waals surface area (Å²) in [7, 11) is 3.27. The molecule has 0 unspecified atom stereocenters. The number of benzene rings is 1. The Hall–Kier alpha value is -3.99. The van der Waals surface area contributed by atoms with E-state index in [4.69, 9.17) is 11.6 Å². The third kappa shape index (κ3) is 4.10. The van der Waals surface area contributed by atoms with Crippen LogP contribution in [0.15, 0.2) is 52.4 Å². The number of nitrogens with zero attached hydrogens (tertiary/aromatic N) is 6. The fourth-order valence-electron chi connectivity index (χ4n) is 3.71. The first-order valence-corrected chi connectivity index (χ1v) is 10.3. The Morgan fingerprint density at radius 3 is 2.64 bits per heavy atom. The molecule has 33 heavy (non-hydrogen) atoms. The molecule has 0 saturated carbocycles. The van der Waals surface area contributed by atoms with Gasteiger partial charge in [-0.15, -0.1) is 10.2 Å². The van der Waals surface area contributed by atoms with Crippen LogP contribution in [0.25, 0.3) is 0 Å². The molecule has 11 nitrogen and oxygen atoms in total. The van der Waals surface area contributed by atoms with Crippen molar-refractivity contribution in [2.75, 3.05) is 5.32 Å². The number of carbonyl (C=O) groups is 1. The van der Waals surface area contributed by atoms with Crippen molar-refractivity contribution in [3.05, 3.63) is 81.3 Å². The summed E-state index contributed by atoms with van der Waals surface area (Å²) in [5.74, 6) is -1.66. The van der Waals surface area contributed by atoms with Crippen molar-refractivity contribution in [3.8, 4) is 5.75 Å². The van der Waals surface area contributed by atoms with Crippen molar-refractivity contribution >= 4 is 23.2 Å². The fraction of sp³-hybridized carbons (Fsp3) is 0.238. The van der Waals surface area contributed by atoms with Gasteiger partial charge in [0.1, 0.15) is 29.9 Å². The van der Waals surface area contributed by atoms with Crippen LogP contribution < -0.4 is 10.9 Å². The Labute approximate surface area is 192 Å². The lowest BCUT2D eigenvalue weighted by molar-refractivity contribution is 0.101. The SMILES string of the molecule is C[C@@H](c1nc(C(=O)Nc2cnoc2)c(O)c(=O)n1C)[C@H](c1ccccc1Cl)c1nncn1C. The van der Waals surface area contributed by atoms with Gasteiger partial charge < -0.3 is 19.5 Å². The maximum atomic E-state index is 12.8. The molecule has 4 rings (SSSR count). The summed E-state index contributed by atoms with van der Waals surface area (Å²) in [6.07, 6.45) is 4.05. The van der Waals surface area contributed by atoms with Crippen LogP contribution in [0.3, 0.4) is 0 Å². The zero-order chi connectivity index (χ0) is 23.7. The molecular weight excluding hydrogens is 450 g/mol. The van der Waals surface area contributed by atoms with E-state index in [1.54, 1.807) is 24.0 Å². The number of hydrogen-bond donors (Lipinski definition) is 2. The van der Waals surface area contributed by atoms with Gasteiger partial charge in [-0.1, -0.05) is 41.9 Å². The van der Waals surface area contributed by atoms with Gasteiger partial charge in [0, 0.05) is 25.0 Å². The molecule has 3 heterocycles. The molecule has 170 valence electrons. The van der Waals surface area contributed by atoms with E-state index in [1.807, 2.05) is 25.1 Å². The van der Waals surface area contributed by atoms with Crippen LogP contribution in [0.5, 0.6) is 5.75 Å². The van der Waals surface area contributed by atoms with E-state index >= 15 is 0 Å². The molecule has 4 aromatic rings. The van der Waals surface area contributed by atoms with Crippen LogP contribution in [-0.4, -0.2) is 40.5 Å². The average molecular weight is 470 g/mol. The van der Waals surface area contributed by atoms with E-state index in [1.165, 1.54) is 24.1 Å². The molecule has 2 atom stereocenters. The van der Waals surface area contributed by atoms with Crippen LogP contribution in [0.2, 0.25) is 5.02 Å². The number of carbonyl (C=O) groups excluding carboxylic acids is 1. The standard InChI is InChI=1S/C21H20ClN7O4/c1-11(15(19-27-23-10-28(19)2)13-6-4-5-7-14(13)22)18-26-16(17(30)21(32)29(18)3)20(31)25-12-8-24-33-9-12/h4-11,15,30H,1-3H3,(H,25,31)/t11-,15-/m1/s1. The highest BCUT2D eigenvalue weighted by molar-refractivity contribution is 6.31. The van der Waals surface area contributed by atoms with Gasteiger partial charge in [-0.2, -0.15) is 0 Å². The highest BCUT2D eigenvalue weighted by Crippen LogP contribution is 2.39. The second-order valence-corrected chi connectivity index (χ2v) is 7.89. The van der Waals surface area contributed by atoms with E-state index in [0.29, 0.717) is 10.8 Å². The highest BCUT2D eigenvalue weighted by Gasteiger charge is 2.32. The lowest BCUT2D eigenvalue weighted by atomic mass is 9.85. The lowest BCUT2D eigenvalue weighted by Crippen LogP contribution is -2.30. The Morgan fingerprint density at radius 1 is 1.24 bits per heavy atom. The van der Waals surface area contributed by atoms with Crippen molar-refractivity contribution in [1.29, 1.82) is 0 Å². The minimum absolute atomic E-state index is 0.251. The fourth-order valence-corrected chi connectivity index (χ4v) is 3.96. The average Bonchev–Trinajstić information content (AvgIpc) is 3.45. The Bertz CT molecular complexity index is 1360. The van der Waals surface area contributed by atoms with Gasteiger partial charge in [0.05, 0.1) is 12.1 Å². The Balaban J connectivity index is 1.84. The monoisotopic (exact) mass is 469 g/mol. The summed E-state index contributed by atoms with van der Waals surface area (Å²) in [4.78, 5) is 29.9. The highest BCUT2D eigenvalue weighted by atomic mass is 35.5. The molecule has 1 amide bonds. The summed E-state index contributed by atoms with van der Waals surface area (Å²) < 4.78 is 7.65. The van der Waals surface area contributed by atoms with E-state index in [0.717, 1.165) is 5.56 Å². The second-order valence-electron chi connectivity index (χ2n) is 7.49. The molecule has 2 N–H and O–H groups in total. The summed E-state index contributed by atoms with van der Waals surface area (Å²) in [6.45, 7) is 1.84. The van der Waals surface area contributed by atoms with Gasteiger partial charge in [0.15, 0.2) is 5.69 Å². The third-order valence-electron chi connectivity index (χ3n) is 5.38. The normalized spacial score (nSPS) is 13.0. The first-order valence-electron chi connectivity index (χ1n) is 9.88. The predicted molar refractivity (Wildman–Crippen MR) is 118 cm³/mol. The molecule has 0 spiro atoms. The van der Waals surface area contributed by atoms with Crippen molar-refractivity contribution in [1.82, 2.24) is 29.5 Å². The maximum Gasteiger partial charge on any atom is 0.296 e. The molecule has 12 heteroatoms. The quantitative estimate of drug-likeness (QED) is 0.438. The van der Waals surface area contributed by atoms with Gasteiger partial charge in [0.2, 0.25) is 5.75 Å². The molecule has 0 aliphatic carbocycles. The van der Waals surface area contributed by atoms with Gasteiger partial charge in [0.25, 0.3) is 11.5 Å². The number of anilines is 1. The van der Waals surface area contributed by atoms with Gasteiger partial charge >= 0.3 is 0 Å². The van der Waals surface area contributed by atoms with Gasteiger partial charge in [-0.25, -0.2) is 4.98 Å². The molecule has 1 aromatic carbocycles. The molecule has 0 bridgehead atoms. The zero-order valence-electron chi connectivity index (χ0n) is 17.9. The van der Waals surface area contributed by atoms with E-state index in [9.17, 15) is 14.7 Å². The van der Waals surface area contributed by atoms with E-state index in [-0.39, 0.29) is 11.5 Å². The smallest absolute Gasteiger partial charge is 0.296 e. The van der Waals surface area contributed by atoms with Crippen LogP contribution in [0, 0.1) is 0 Å². The lowest BCUT2D eigenvalue weighted by Gasteiger charge is -2.26. The minimum atomic E-state index is -0.783. The molecule has 0 fully saturated rings. The number of hydrogen-bond acceptors (Lipinski definition) is 8. The molecule has 0 aliphatic heterocycles. The summed E-state index contributed by atoms with van der Waals surface area (Å²) in [5.41, 5.74) is -0.180. The van der Waals surface area contributed by atoms with Crippen molar-refractivity contribution in [2.24, 2.45) is 14.1 Å². The maximum absolute atomic E-state index is 12.8. The van der Waals surface area contributed by atoms with E-state index < -0.39 is 34.7 Å². The topological polar surface area (TPSA) is 141 Å². The molecule has 0 saturated heterocycles. The van der Waals surface area contributed by atoms with Crippen molar-refractivity contribution in [3.63, 3.8) is 0 Å². The minimum Gasteiger partial charge on any atom is -0.501 e. The number of nitrogens with one attached hydrogen (secondary N) is 1. The molecule has 3 aromatic heterocycles. The largest absolute Gasteiger partial charge is 0.501 e. The second kappa shape index (κ2) is 8.87. The first-order chi connectivity index (χ1) is 15.8. The predicted octanol–water partition coefficient (Wildman–Crippen LogP) is 2.44. The van der Waals surface area contributed by atoms with Crippen LogP contribution >= 0.6 is 11.6 Å². The zero-order valence-corrected chi connectivity index (χ0v) is 18.7. The Kier molecular flexibility index (Phi) is 5.97. The van der Waals surface area contributed by atoms with Crippen LogP contribution in [0.4, 0.5) is 5.69 Å². The van der Waals surface area contributed by atoms with Crippen molar-refractivity contribution < 1.29 is 14.4 Å². The first kappa shape index (κ1) is 22.2. The number of halogens is 1. The van der Waals surface area contributed by atoms with Gasteiger partial charge in [-0.3, -0.25) is 14.2 Å². The third-order valence-corrected chi connectivity index (χ3v) is 5.72. The number of aromatic hydroxyl groups is 1. The molecule has 0 aliphatic rings. The summed E-state index contributed by atoms with van der Waals surface area (Å²) >= 11 is 6.51. The van der Waals surface area contributed by atoms with Gasteiger partial charge in [-0.05, 0) is 11.6 Å². The Morgan fingerprint density at radius 2 is 2.00 bits per heavy atom. The number of amides is 1. The van der Waals surface area contributed by atoms with E-state index in [2.05, 4.69) is 30.2 Å². The van der Waals surface area contributed by atoms with Crippen LogP contribution in [0.1, 0.15) is 46.5 Å². The summed E-state index contributed by atoms with van der Waals surface area (Å²) in [5, 5.41) is 25.1. The number of aryl methyl sites for hydroxylation is 1. The van der Waals surface area contributed by atoms with Crippen molar-refractivity contribution in [2.45, 2.75) is 18.8 Å². The van der Waals surface area contributed by atoms with Crippen LogP contribution in [-0.2, 0) is 14.1 Å². The summed E-state index contributed by atoms with van der Waals surface area (Å²) in [6, 6.07) is 7.27. The molecular formula is C21H20ClN7O4.